The summed E-state index contributed by atoms with van der Waals surface area (Å²) in [5.74, 6) is 0. The summed E-state index contributed by atoms with van der Waals surface area (Å²) in [7, 11) is 0. The fourth-order valence-corrected chi connectivity index (χ4v) is 5.37. The number of rotatable bonds is 3. The highest BCUT2D eigenvalue weighted by Crippen LogP contribution is 2.41. The van der Waals surface area contributed by atoms with Crippen LogP contribution in [0.3, 0.4) is 0 Å². The van der Waals surface area contributed by atoms with Crippen LogP contribution in [-0.4, -0.2) is 30.2 Å². The second-order valence-electron chi connectivity index (χ2n) is 5.67. The Kier molecular flexibility index (Phi) is 3.69. The van der Waals surface area contributed by atoms with Gasteiger partial charge in [0.15, 0.2) is 0 Å². The number of thiophene rings is 1. The minimum atomic E-state index is 0.667. The zero-order valence-corrected chi connectivity index (χ0v) is 15.3. The van der Waals surface area contributed by atoms with Crippen LogP contribution in [0.1, 0.15) is 16.9 Å². The molecule has 3 aromatic heterocycles. The normalized spacial score (nSPS) is 13.5. The predicted molar refractivity (Wildman–Crippen MR) is 97.7 cm³/mol. The van der Waals surface area contributed by atoms with Crippen molar-refractivity contribution in [2.75, 3.05) is 0 Å². The van der Waals surface area contributed by atoms with E-state index in [1.807, 2.05) is 24.3 Å². The molecule has 0 atom stereocenters. The number of fused-ring (bicyclic) bond motifs is 3. The summed E-state index contributed by atoms with van der Waals surface area (Å²) in [5.41, 5.74) is 2.26. The lowest BCUT2D eigenvalue weighted by molar-refractivity contribution is 0.756. The summed E-state index contributed by atoms with van der Waals surface area (Å²) in [6, 6.07) is 7.42. The van der Waals surface area contributed by atoms with Gasteiger partial charge in [-0.1, -0.05) is 11.6 Å². The lowest BCUT2D eigenvalue weighted by atomic mass is 10.2. The highest BCUT2D eigenvalue weighted by Gasteiger charge is 2.22. The van der Waals surface area contributed by atoms with Gasteiger partial charge in [-0.15, -0.1) is 16.4 Å². The smallest absolute Gasteiger partial charge is 0.220 e. The van der Waals surface area contributed by atoms with E-state index in [0.717, 1.165) is 33.8 Å². The number of hydrogen-bond acceptors (Lipinski definition) is 7. The number of halogens is 1. The van der Waals surface area contributed by atoms with Crippen molar-refractivity contribution < 1.29 is 0 Å². The van der Waals surface area contributed by atoms with Crippen LogP contribution >= 0.6 is 34.7 Å². The van der Waals surface area contributed by atoms with Crippen LogP contribution in [0.5, 0.6) is 0 Å². The Morgan fingerprint density at radius 3 is 2.88 bits per heavy atom. The molecular formula is C16H11ClN6S2. The van der Waals surface area contributed by atoms with Gasteiger partial charge in [-0.3, -0.25) is 0 Å². The van der Waals surface area contributed by atoms with E-state index in [1.165, 1.54) is 28.6 Å². The van der Waals surface area contributed by atoms with Crippen molar-refractivity contribution in [1.29, 1.82) is 0 Å². The van der Waals surface area contributed by atoms with E-state index in [4.69, 9.17) is 11.6 Å². The Bertz CT molecular complexity index is 1070. The maximum Gasteiger partial charge on any atom is 0.220 e. The fourth-order valence-electron chi connectivity index (χ4n) is 3.05. The van der Waals surface area contributed by atoms with Crippen molar-refractivity contribution in [2.45, 2.75) is 29.4 Å². The van der Waals surface area contributed by atoms with Gasteiger partial charge in [0.05, 0.1) is 5.69 Å². The van der Waals surface area contributed by atoms with Crippen LogP contribution in [0.25, 0.3) is 15.9 Å². The maximum absolute atomic E-state index is 5.97. The first-order chi connectivity index (χ1) is 12.3. The minimum Gasteiger partial charge on any atom is -0.229 e. The molecule has 0 unspecified atom stereocenters. The molecule has 0 bridgehead atoms. The first kappa shape index (κ1) is 15.2. The first-order valence-corrected chi connectivity index (χ1v) is 9.78. The highest BCUT2D eigenvalue weighted by atomic mass is 35.5. The van der Waals surface area contributed by atoms with Gasteiger partial charge in [-0.25, -0.2) is 9.97 Å². The van der Waals surface area contributed by atoms with Crippen molar-refractivity contribution >= 4 is 44.9 Å². The molecule has 3 heterocycles. The Morgan fingerprint density at radius 1 is 1.12 bits per heavy atom. The Hall–Kier alpha value is -2.03. The SMILES string of the molecule is Clc1ccc(-n2nnnc2Sc2ncnc3sc4c(c23)CCC4)cc1. The van der Waals surface area contributed by atoms with Gasteiger partial charge in [0.1, 0.15) is 16.2 Å². The lowest BCUT2D eigenvalue weighted by Gasteiger charge is -2.05. The van der Waals surface area contributed by atoms with Crippen LogP contribution in [0.4, 0.5) is 0 Å². The molecule has 124 valence electrons. The third kappa shape index (κ3) is 2.61. The molecule has 0 saturated heterocycles. The molecule has 25 heavy (non-hydrogen) atoms. The number of aryl methyl sites for hydroxylation is 2. The van der Waals surface area contributed by atoms with Crippen molar-refractivity contribution in [3.8, 4) is 5.69 Å². The van der Waals surface area contributed by atoms with Crippen molar-refractivity contribution in [3.63, 3.8) is 0 Å². The number of nitrogens with zero attached hydrogens (tertiary/aromatic N) is 6. The molecule has 0 N–H and O–H groups in total. The molecule has 5 rings (SSSR count). The Morgan fingerprint density at radius 2 is 2.00 bits per heavy atom. The average Bonchev–Trinajstić information content (AvgIpc) is 3.31. The van der Waals surface area contributed by atoms with E-state index in [1.54, 1.807) is 22.3 Å². The van der Waals surface area contributed by atoms with E-state index < -0.39 is 0 Å². The van der Waals surface area contributed by atoms with Crippen LogP contribution in [0, 0.1) is 0 Å². The summed E-state index contributed by atoms with van der Waals surface area (Å²) in [6.07, 6.45) is 5.06. The molecule has 0 fully saturated rings. The monoisotopic (exact) mass is 386 g/mol. The molecule has 1 aliphatic rings. The summed E-state index contributed by atoms with van der Waals surface area (Å²) < 4.78 is 1.70. The Balaban J connectivity index is 1.58. The van der Waals surface area contributed by atoms with Gasteiger partial charge < -0.3 is 0 Å². The van der Waals surface area contributed by atoms with Gasteiger partial charge >= 0.3 is 0 Å². The van der Waals surface area contributed by atoms with E-state index in [2.05, 4.69) is 25.5 Å². The topological polar surface area (TPSA) is 69.4 Å². The molecule has 0 amide bonds. The first-order valence-electron chi connectivity index (χ1n) is 7.77. The number of benzene rings is 1. The predicted octanol–water partition coefficient (Wildman–Crippen LogP) is 3.96. The van der Waals surface area contributed by atoms with Gasteiger partial charge in [0, 0.05) is 15.3 Å². The Labute approximate surface area is 156 Å². The molecular weight excluding hydrogens is 376 g/mol. The summed E-state index contributed by atoms with van der Waals surface area (Å²) in [6.45, 7) is 0. The highest BCUT2D eigenvalue weighted by molar-refractivity contribution is 7.99. The molecule has 1 aliphatic carbocycles. The van der Waals surface area contributed by atoms with E-state index in [0.29, 0.717) is 10.2 Å². The van der Waals surface area contributed by atoms with Gasteiger partial charge in [-0.2, -0.15) is 4.68 Å². The summed E-state index contributed by atoms with van der Waals surface area (Å²) >= 11 is 9.21. The van der Waals surface area contributed by atoms with E-state index in [-0.39, 0.29) is 0 Å². The van der Waals surface area contributed by atoms with Crippen LogP contribution < -0.4 is 0 Å². The third-order valence-corrected chi connectivity index (χ3v) is 6.56. The molecule has 0 radical (unpaired) electrons. The zero-order chi connectivity index (χ0) is 16.8. The van der Waals surface area contributed by atoms with Crippen LogP contribution in [0.15, 0.2) is 40.8 Å². The quantitative estimate of drug-likeness (QED) is 0.496. The molecule has 4 aromatic rings. The number of aromatic nitrogens is 6. The largest absolute Gasteiger partial charge is 0.229 e. The summed E-state index contributed by atoms with van der Waals surface area (Å²) in [4.78, 5) is 11.4. The second-order valence-corrected chi connectivity index (χ2v) is 8.14. The van der Waals surface area contributed by atoms with Crippen LogP contribution in [-0.2, 0) is 12.8 Å². The average molecular weight is 387 g/mol. The standard InChI is InChI=1S/C16H11ClN6S2/c17-9-4-6-10(7-5-9)23-16(20-21-22-23)25-15-13-11-2-1-3-12(11)24-14(13)18-8-19-15/h4-8H,1-3H2. The maximum atomic E-state index is 5.97. The molecule has 0 aliphatic heterocycles. The van der Waals surface area contributed by atoms with Crippen LogP contribution in [0.2, 0.25) is 5.02 Å². The molecule has 0 saturated carbocycles. The van der Waals surface area contributed by atoms with Crippen molar-refractivity contribution in [2.24, 2.45) is 0 Å². The fraction of sp³-hybridized carbons (Fsp3) is 0.188. The molecule has 1 aromatic carbocycles. The van der Waals surface area contributed by atoms with E-state index >= 15 is 0 Å². The van der Waals surface area contributed by atoms with Crippen molar-refractivity contribution in [1.82, 2.24) is 30.2 Å². The van der Waals surface area contributed by atoms with Crippen molar-refractivity contribution in [3.05, 3.63) is 46.1 Å². The summed E-state index contributed by atoms with van der Waals surface area (Å²) in [5, 5.41) is 15.5. The third-order valence-electron chi connectivity index (χ3n) is 4.17. The number of tetrazole rings is 1. The van der Waals surface area contributed by atoms with Gasteiger partial charge in [0.2, 0.25) is 5.16 Å². The zero-order valence-electron chi connectivity index (χ0n) is 12.9. The van der Waals surface area contributed by atoms with Gasteiger partial charge in [-0.05, 0) is 71.3 Å². The van der Waals surface area contributed by atoms with Gasteiger partial charge in [0.25, 0.3) is 0 Å². The minimum absolute atomic E-state index is 0.667. The lowest BCUT2D eigenvalue weighted by Crippen LogP contribution is -1.99. The molecule has 6 nitrogen and oxygen atoms in total. The molecule has 0 spiro atoms. The van der Waals surface area contributed by atoms with E-state index in [9.17, 15) is 0 Å². The number of hydrogen-bond donors (Lipinski definition) is 0. The second kappa shape index (κ2) is 6.05. The molecule has 9 heteroatoms.